The normalized spacial score (nSPS) is 11.3. The molecule has 0 fully saturated rings. The summed E-state index contributed by atoms with van der Waals surface area (Å²) in [5.41, 5.74) is 8.08. The highest BCUT2D eigenvalue weighted by Crippen LogP contribution is 2.25. The SMILES string of the molecule is CC(C)(CO)Oc1ccc(-c2ccc(N)cc2)cc1. The van der Waals surface area contributed by atoms with Gasteiger partial charge in [-0.05, 0) is 49.2 Å². The lowest BCUT2D eigenvalue weighted by molar-refractivity contribution is 0.0413. The summed E-state index contributed by atoms with van der Waals surface area (Å²) in [6.07, 6.45) is 0. The Morgan fingerprint density at radius 2 is 1.42 bits per heavy atom. The van der Waals surface area contributed by atoms with Crippen molar-refractivity contribution in [2.24, 2.45) is 0 Å². The molecule has 0 aliphatic heterocycles. The Hall–Kier alpha value is -2.00. The molecule has 0 heterocycles. The minimum atomic E-state index is -0.567. The largest absolute Gasteiger partial charge is 0.485 e. The lowest BCUT2D eigenvalue weighted by atomic mass is 10.1. The van der Waals surface area contributed by atoms with Gasteiger partial charge in [-0.1, -0.05) is 24.3 Å². The summed E-state index contributed by atoms with van der Waals surface area (Å²) >= 11 is 0. The first-order valence-electron chi connectivity index (χ1n) is 6.26. The van der Waals surface area contributed by atoms with Gasteiger partial charge in [-0.25, -0.2) is 0 Å². The minimum Gasteiger partial charge on any atom is -0.485 e. The monoisotopic (exact) mass is 257 g/mol. The van der Waals surface area contributed by atoms with Crippen LogP contribution in [0.25, 0.3) is 11.1 Å². The zero-order valence-electron chi connectivity index (χ0n) is 11.3. The summed E-state index contributed by atoms with van der Waals surface area (Å²) in [6, 6.07) is 15.5. The lowest BCUT2D eigenvalue weighted by Gasteiger charge is -2.23. The Kier molecular flexibility index (Phi) is 3.76. The third-order valence-corrected chi connectivity index (χ3v) is 2.87. The van der Waals surface area contributed by atoms with E-state index in [0.717, 1.165) is 22.6 Å². The summed E-state index contributed by atoms with van der Waals surface area (Å²) in [5, 5.41) is 9.18. The number of benzene rings is 2. The van der Waals surface area contributed by atoms with Crippen molar-refractivity contribution in [1.82, 2.24) is 0 Å². The highest BCUT2D eigenvalue weighted by molar-refractivity contribution is 5.66. The van der Waals surface area contributed by atoms with Crippen molar-refractivity contribution in [3.8, 4) is 16.9 Å². The fourth-order valence-corrected chi connectivity index (χ4v) is 1.74. The van der Waals surface area contributed by atoms with Gasteiger partial charge < -0.3 is 15.6 Å². The van der Waals surface area contributed by atoms with E-state index in [9.17, 15) is 5.11 Å². The van der Waals surface area contributed by atoms with Crippen molar-refractivity contribution in [3.05, 3.63) is 48.5 Å². The maximum absolute atomic E-state index is 9.18. The molecule has 0 saturated heterocycles. The van der Waals surface area contributed by atoms with E-state index in [1.165, 1.54) is 0 Å². The molecule has 0 spiro atoms. The number of hydrogen-bond acceptors (Lipinski definition) is 3. The van der Waals surface area contributed by atoms with E-state index in [1.54, 1.807) is 0 Å². The van der Waals surface area contributed by atoms with Crippen LogP contribution >= 0.6 is 0 Å². The van der Waals surface area contributed by atoms with Gasteiger partial charge in [-0.2, -0.15) is 0 Å². The molecule has 3 N–H and O–H groups in total. The fraction of sp³-hybridized carbons (Fsp3) is 0.250. The molecule has 2 aromatic carbocycles. The van der Waals surface area contributed by atoms with Crippen molar-refractivity contribution >= 4 is 5.69 Å². The first-order chi connectivity index (χ1) is 9.00. The van der Waals surface area contributed by atoms with Gasteiger partial charge in [0, 0.05) is 5.69 Å². The Morgan fingerprint density at radius 3 is 1.89 bits per heavy atom. The van der Waals surface area contributed by atoms with Gasteiger partial charge in [0.25, 0.3) is 0 Å². The molecular weight excluding hydrogens is 238 g/mol. The Morgan fingerprint density at radius 1 is 0.947 bits per heavy atom. The second-order valence-corrected chi connectivity index (χ2v) is 5.17. The number of aliphatic hydroxyl groups is 1. The summed E-state index contributed by atoms with van der Waals surface area (Å²) in [5.74, 6) is 0.748. The van der Waals surface area contributed by atoms with Crippen LogP contribution < -0.4 is 10.5 Å². The number of nitrogen functional groups attached to an aromatic ring is 1. The molecule has 0 atom stereocenters. The second kappa shape index (κ2) is 5.33. The van der Waals surface area contributed by atoms with Crippen molar-refractivity contribution in [2.45, 2.75) is 19.4 Å². The molecule has 2 rings (SSSR count). The van der Waals surface area contributed by atoms with Crippen molar-refractivity contribution in [3.63, 3.8) is 0 Å². The molecule has 0 radical (unpaired) electrons. The number of ether oxygens (including phenoxy) is 1. The molecule has 0 amide bonds. The van der Waals surface area contributed by atoms with Gasteiger partial charge in [0.1, 0.15) is 11.4 Å². The number of nitrogens with two attached hydrogens (primary N) is 1. The Bertz CT molecular complexity index is 530. The summed E-state index contributed by atoms with van der Waals surface area (Å²) in [4.78, 5) is 0. The zero-order valence-corrected chi connectivity index (χ0v) is 11.3. The lowest BCUT2D eigenvalue weighted by Crippen LogP contribution is -2.32. The number of anilines is 1. The number of hydrogen-bond donors (Lipinski definition) is 2. The summed E-state index contributed by atoms with van der Waals surface area (Å²) < 4.78 is 5.69. The van der Waals surface area contributed by atoms with Gasteiger partial charge in [0.2, 0.25) is 0 Å². The molecule has 0 saturated carbocycles. The van der Waals surface area contributed by atoms with Crippen LogP contribution in [0.5, 0.6) is 5.75 Å². The molecule has 0 bridgehead atoms. The highest BCUT2D eigenvalue weighted by atomic mass is 16.5. The van der Waals surface area contributed by atoms with E-state index in [-0.39, 0.29) is 6.61 Å². The Balaban J connectivity index is 2.16. The van der Waals surface area contributed by atoms with Crippen LogP contribution in [-0.4, -0.2) is 17.3 Å². The van der Waals surface area contributed by atoms with E-state index in [4.69, 9.17) is 10.5 Å². The molecule has 0 unspecified atom stereocenters. The van der Waals surface area contributed by atoms with E-state index < -0.39 is 5.60 Å². The topological polar surface area (TPSA) is 55.5 Å². The quantitative estimate of drug-likeness (QED) is 0.827. The highest BCUT2D eigenvalue weighted by Gasteiger charge is 2.17. The van der Waals surface area contributed by atoms with Crippen molar-refractivity contribution < 1.29 is 9.84 Å². The molecule has 0 aliphatic carbocycles. The molecule has 19 heavy (non-hydrogen) atoms. The Labute approximate surface area is 113 Å². The van der Waals surface area contributed by atoms with Crippen molar-refractivity contribution in [2.75, 3.05) is 12.3 Å². The molecule has 100 valence electrons. The maximum Gasteiger partial charge on any atom is 0.126 e. The smallest absolute Gasteiger partial charge is 0.126 e. The second-order valence-electron chi connectivity index (χ2n) is 5.17. The maximum atomic E-state index is 9.18. The van der Waals surface area contributed by atoms with E-state index in [1.807, 2.05) is 62.4 Å². The van der Waals surface area contributed by atoms with Crippen LogP contribution in [0.1, 0.15) is 13.8 Å². The standard InChI is InChI=1S/C16H19NO2/c1-16(2,11-18)19-15-9-5-13(6-10-15)12-3-7-14(17)8-4-12/h3-10,18H,11,17H2,1-2H3. The van der Waals surface area contributed by atoms with Gasteiger partial charge in [-0.15, -0.1) is 0 Å². The van der Waals surface area contributed by atoms with Crippen LogP contribution in [0.3, 0.4) is 0 Å². The fourth-order valence-electron chi connectivity index (χ4n) is 1.74. The summed E-state index contributed by atoms with van der Waals surface area (Å²) in [7, 11) is 0. The number of rotatable bonds is 4. The van der Waals surface area contributed by atoms with Crippen LogP contribution in [0.15, 0.2) is 48.5 Å². The molecule has 2 aromatic rings. The third kappa shape index (κ3) is 3.48. The zero-order chi connectivity index (χ0) is 13.9. The molecule has 3 heteroatoms. The van der Waals surface area contributed by atoms with Crippen LogP contribution in [0.4, 0.5) is 5.69 Å². The predicted octanol–water partition coefficient (Wildman–Crippen LogP) is 3.09. The first kappa shape index (κ1) is 13.4. The van der Waals surface area contributed by atoms with Crippen LogP contribution in [-0.2, 0) is 0 Å². The first-order valence-corrected chi connectivity index (χ1v) is 6.26. The van der Waals surface area contributed by atoms with Gasteiger partial charge in [0.15, 0.2) is 0 Å². The summed E-state index contributed by atoms with van der Waals surface area (Å²) in [6.45, 7) is 3.68. The molecular formula is C16H19NO2. The van der Waals surface area contributed by atoms with E-state index in [2.05, 4.69) is 0 Å². The average Bonchev–Trinajstić information content (AvgIpc) is 2.40. The molecule has 0 aliphatic rings. The number of aliphatic hydroxyl groups excluding tert-OH is 1. The average molecular weight is 257 g/mol. The van der Waals surface area contributed by atoms with Crippen LogP contribution in [0, 0.1) is 0 Å². The van der Waals surface area contributed by atoms with Gasteiger partial charge in [-0.3, -0.25) is 0 Å². The predicted molar refractivity (Wildman–Crippen MR) is 78.1 cm³/mol. The van der Waals surface area contributed by atoms with Gasteiger partial charge in [0.05, 0.1) is 6.61 Å². The van der Waals surface area contributed by atoms with Crippen LogP contribution in [0.2, 0.25) is 0 Å². The van der Waals surface area contributed by atoms with Gasteiger partial charge >= 0.3 is 0 Å². The third-order valence-electron chi connectivity index (χ3n) is 2.87. The van der Waals surface area contributed by atoms with E-state index >= 15 is 0 Å². The minimum absolute atomic E-state index is 0.0211. The molecule has 0 aromatic heterocycles. The van der Waals surface area contributed by atoms with E-state index in [0.29, 0.717) is 0 Å². The molecule has 3 nitrogen and oxygen atoms in total. The van der Waals surface area contributed by atoms with Crippen molar-refractivity contribution in [1.29, 1.82) is 0 Å².